The van der Waals surface area contributed by atoms with Gasteiger partial charge in [0.05, 0.1) is 12.0 Å². The molecule has 2 aliphatic heterocycles. The van der Waals surface area contributed by atoms with Crippen LogP contribution >= 0.6 is 11.8 Å². The van der Waals surface area contributed by atoms with Crippen LogP contribution in [0.3, 0.4) is 0 Å². The SMILES string of the molecule is COc1cc(C=C2SC(=O)N(CC(=O)N3CCCC(N)C3)C2=O)ccc1O.O=C(O)C(F)(F)F. The number of likely N-dealkylation sites (tertiary alicyclic amines) is 1. The van der Waals surface area contributed by atoms with E-state index in [0.29, 0.717) is 18.7 Å². The van der Waals surface area contributed by atoms with Gasteiger partial charge in [-0.1, -0.05) is 6.07 Å². The Kier molecular flexibility index (Phi) is 8.93. The van der Waals surface area contributed by atoms with E-state index in [1.807, 2.05) is 0 Å². The van der Waals surface area contributed by atoms with Gasteiger partial charge in [0.2, 0.25) is 5.91 Å². The number of methoxy groups -OCH3 is 1. The van der Waals surface area contributed by atoms with Gasteiger partial charge in [0.25, 0.3) is 11.1 Å². The molecule has 4 N–H and O–H groups in total. The van der Waals surface area contributed by atoms with Crippen LogP contribution < -0.4 is 10.5 Å². The van der Waals surface area contributed by atoms with Crippen molar-refractivity contribution in [3.05, 3.63) is 28.7 Å². The molecule has 1 atom stereocenters. The fraction of sp³-hybridized carbons (Fsp3) is 0.400. The quantitative estimate of drug-likeness (QED) is 0.522. The number of aliphatic carboxylic acids is 1. The number of carbonyl (C=O) groups excluding carboxylic acids is 3. The molecule has 1 unspecified atom stereocenters. The zero-order valence-corrected chi connectivity index (χ0v) is 18.7. The van der Waals surface area contributed by atoms with E-state index >= 15 is 0 Å². The number of piperidine rings is 1. The highest BCUT2D eigenvalue weighted by molar-refractivity contribution is 8.18. The fourth-order valence-corrected chi connectivity index (χ4v) is 3.88. The number of imide groups is 1. The van der Waals surface area contributed by atoms with Gasteiger partial charge in [0.1, 0.15) is 6.54 Å². The number of alkyl halides is 3. The predicted molar refractivity (Wildman–Crippen MR) is 115 cm³/mol. The first-order valence-electron chi connectivity index (χ1n) is 9.79. The van der Waals surface area contributed by atoms with E-state index in [1.165, 1.54) is 19.3 Å². The number of thioether (sulfide) groups is 1. The van der Waals surface area contributed by atoms with E-state index in [4.69, 9.17) is 20.4 Å². The number of aromatic hydroxyl groups is 1. The molecule has 2 aliphatic rings. The van der Waals surface area contributed by atoms with Gasteiger partial charge in [-0.2, -0.15) is 13.2 Å². The Labute approximate surface area is 196 Å². The number of halogens is 3. The number of carboxylic acids is 1. The number of benzene rings is 1. The first kappa shape index (κ1) is 27.0. The van der Waals surface area contributed by atoms with Crippen LogP contribution in [-0.4, -0.2) is 82.0 Å². The number of carboxylic acid groups (broad SMARTS) is 1. The summed E-state index contributed by atoms with van der Waals surface area (Å²) >= 11 is 0.783. The molecule has 2 fully saturated rings. The molecule has 0 saturated carbocycles. The van der Waals surface area contributed by atoms with Gasteiger partial charge in [0, 0.05) is 19.1 Å². The third-order valence-corrected chi connectivity index (χ3v) is 5.63. The van der Waals surface area contributed by atoms with Crippen molar-refractivity contribution in [2.24, 2.45) is 5.73 Å². The summed E-state index contributed by atoms with van der Waals surface area (Å²) in [5.74, 6) is -3.30. The summed E-state index contributed by atoms with van der Waals surface area (Å²) in [5, 5.41) is 16.3. The highest BCUT2D eigenvalue weighted by Crippen LogP contribution is 2.34. The molecule has 3 amide bonds. The van der Waals surface area contributed by atoms with Gasteiger partial charge >= 0.3 is 12.1 Å². The molecule has 186 valence electrons. The topological polar surface area (TPSA) is 150 Å². The number of phenols is 1. The van der Waals surface area contributed by atoms with Crippen molar-refractivity contribution < 1.29 is 47.3 Å². The van der Waals surface area contributed by atoms with Crippen molar-refractivity contribution in [2.75, 3.05) is 26.7 Å². The van der Waals surface area contributed by atoms with Gasteiger partial charge < -0.3 is 25.6 Å². The van der Waals surface area contributed by atoms with Gasteiger partial charge in [-0.15, -0.1) is 0 Å². The molecule has 0 radical (unpaired) electrons. The van der Waals surface area contributed by atoms with Crippen LogP contribution in [0.4, 0.5) is 18.0 Å². The van der Waals surface area contributed by atoms with Crippen LogP contribution in [0.25, 0.3) is 6.08 Å². The Morgan fingerprint density at radius 2 is 1.97 bits per heavy atom. The molecule has 0 aromatic heterocycles. The molecule has 2 saturated heterocycles. The molecule has 0 bridgehead atoms. The number of hydrogen-bond donors (Lipinski definition) is 3. The summed E-state index contributed by atoms with van der Waals surface area (Å²) in [6, 6.07) is 4.54. The number of phenolic OH excluding ortho intramolecular Hbond substituents is 1. The van der Waals surface area contributed by atoms with Crippen molar-refractivity contribution in [3.63, 3.8) is 0 Å². The Hall–Kier alpha value is -3.26. The number of carbonyl (C=O) groups is 4. The maximum absolute atomic E-state index is 12.6. The Bertz CT molecular complexity index is 1000. The van der Waals surface area contributed by atoms with Crippen LogP contribution in [0, 0.1) is 0 Å². The molecule has 1 aromatic carbocycles. The van der Waals surface area contributed by atoms with Gasteiger partial charge in [-0.25, -0.2) is 4.79 Å². The molecule has 2 heterocycles. The first-order valence-corrected chi connectivity index (χ1v) is 10.6. The number of amides is 3. The minimum Gasteiger partial charge on any atom is -0.504 e. The summed E-state index contributed by atoms with van der Waals surface area (Å²) < 4.78 is 36.8. The lowest BCUT2D eigenvalue weighted by Crippen LogP contribution is -2.49. The van der Waals surface area contributed by atoms with E-state index in [0.717, 1.165) is 29.5 Å². The fourth-order valence-electron chi connectivity index (χ4n) is 3.04. The number of rotatable bonds is 4. The Morgan fingerprint density at radius 1 is 1.32 bits per heavy atom. The van der Waals surface area contributed by atoms with Crippen molar-refractivity contribution in [1.82, 2.24) is 9.80 Å². The normalized spacial score (nSPS) is 19.7. The van der Waals surface area contributed by atoms with Crippen molar-refractivity contribution in [3.8, 4) is 11.5 Å². The highest BCUT2D eigenvalue weighted by Gasteiger charge is 2.38. The smallest absolute Gasteiger partial charge is 0.490 e. The number of hydrogen-bond acceptors (Lipinski definition) is 8. The van der Waals surface area contributed by atoms with Crippen molar-refractivity contribution >= 4 is 40.9 Å². The van der Waals surface area contributed by atoms with Crippen LogP contribution in [0.1, 0.15) is 18.4 Å². The summed E-state index contributed by atoms with van der Waals surface area (Å²) in [6.45, 7) is 0.748. The summed E-state index contributed by atoms with van der Waals surface area (Å²) in [4.78, 5) is 48.9. The maximum atomic E-state index is 12.6. The third kappa shape index (κ3) is 7.12. The standard InChI is InChI=1S/C18H21N3O5S.C2HF3O2/c1-26-14-7-11(4-5-13(14)22)8-15-17(24)21(18(25)27-15)10-16(23)20-6-2-3-12(19)9-20;3-2(4,5)1(6)7/h4-5,7-8,12,22H,2-3,6,9-10,19H2,1H3;(H,6,7). The average molecular weight is 505 g/mol. The van der Waals surface area contributed by atoms with E-state index in [1.54, 1.807) is 17.0 Å². The molecule has 14 heteroatoms. The molecule has 0 aliphatic carbocycles. The van der Waals surface area contributed by atoms with E-state index < -0.39 is 23.3 Å². The van der Waals surface area contributed by atoms with Gasteiger partial charge in [0.15, 0.2) is 11.5 Å². The monoisotopic (exact) mass is 505 g/mol. The zero-order chi connectivity index (χ0) is 25.6. The van der Waals surface area contributed by atoms with Gasteiger partial charge in [-0.05, 0) is 48.4 Å². The summed E-state index contributed by atoms with van der Waals surface area (Å²) in [5.41, 5.74) is 6.49. The maximum Gasteiger partial charge on any atom is 0.490 e. The number of nitrogens with two attached hydrogens (primary N) is 1. The van der Waals surface area contributed by atoms with Crippen molar-refractivity contribution in [1.29, 1.82) is 0 Å². The summed E-state index contributed by atoms with van der Waals surface area (Å²) in [7, 11) is 1.42. The lowest BCUT2D eigenvalue weighted by atomic mass is 10.1. The first-order chi connectivity index (χ1) is 15.8. The van der Waals surface area contributed by atoms with Crippen LogP contribution in [-0.2, 0) is 14.4 Å². The molecule has 10 nitrogen and oxygen atoms in total. The highest BCUT2D eigenvalue weighted by atomic mass is 32.2. The second-order valence-electron chi connectivity index (χ2n) is 7.24. The predicted octanol–water partition coefficient (Wildman–Crippen LogP) is 2.02. The largest absolute Gasteiger partial charge is 0.504 e. The third-order valence-electron chi connectivity index (χ3n) is 4.72. The molecule has 1 aromatic rings. The number of nitrogens with zero attached hydrogens (tertiary/aromatic N) is 2. The lowest BCUT2D eigenvalue weighted by molar-refractivity contribution is -0.192. The van der Waals surface area contributed by atoms with Gasteiger partial charge in [-0.3, -0.25) is 19.3 Å². The average Bonchev–Trinajstić information content (AvgIpc) is 3.02. The van der Waals surface area contributed by atoms with E-state index in [9.17, 15) is 32.7 Å². The second kappa shape index (κ2) is 11.2. The van der Waals surface area contributed by atoms with Crippen LogP contribution in [0.5, 0.6) is 11.5 Å². The van der Waals surface area contributed by atoms with E-state index in [-0.39, 0.29) is 34.9 Å². The molecular formula is C20H22F3N3O7S. The number of ether oxygens (including phenoxy) is 1. The molecule has 0 spiro atoms. The molecule has 3 rings (SSSR count). The minimum absolute atomic E-state index is 0.0203. The lowest BCUT2D eigenvalue weighted by Gasteiger charge is -2.31. The molecule has 34 heavy (non-hydrogen) atoms. The van der Waals surface area contributed by atoms with Crippen LogP contribution in [0.2, 0.25) is 0 Å². The Morgan fingerprint density at radius 3 is 2.53 bits per heavy atom. The zero-order valence-electron chi connectivity index (χ0n) is 17.9. The Balaban J connectivity index is 0.000000509. The van der Waals surface area contributed by atoms with E-state index in [2.05, 4.69) is 0 Å². The van der Waals surface area contributed by atoms with Crippen molar-refractivity contribution in [2.45, 2.75) is 25.1 Å². The molecular weight excluding hydrogens is 483 g/mol. The summed E-state index contributed by atoms with van der Waals surface area (Å²) in [6.07, 6.45) is -1.87. The minimum atomic E-state index is -5.08. The van der Waals surface area contributed by atoms with Crippen LogP contribution in [0.15, 0.2) is 23.1 Å². The second-order valence-corrected chi connectivity index (χ2v) is 8.24.